The van der Waals surface area contributed by atoms with Crippen molar-refractivity contribution in [3.8, 4) is 0 Å². The lowest BCUT2D eigenvalue weighted by Crippen LogP contribution is -2.65. The molecule has 432 valence electrons. The number of nitrogens with one attached hydrogen (secondary N) is 1. The molecule has 0 bridgehead atoms. The average molecular weight is 1050 g/mol. The molecule has 0 aromatic carbocycles. The summed E-state index contributed by atoms with van der Waals surface area (Å²) in [5.74, 6) is -0.254. The molecule has 0 aliphatic carbocycles. The van der Waals surface area contributed by atoms with Crippen LogP contribution in [-0.2, 0) is 23.7 Å². The van der Waals surface area contributed by atoms with E-state index >= 15 is 0 Å². The summed E-state index contributed by atoms with van der Waals surface area (Å²) in [7, 11) is 0. The van der Waals surface area contributed by atoms with Gasteiger partial charge in [-0.1, -0.05) is 210 Å². The zero-order valence-electron chi connectivity index (χ0n) is 46.3. The van der Waals surface area contributed by atoms with Crippen molar-refractivity contribution >= 4 is 5.91 Å². The minimum Gasteiger partial charge on any atom is -0.394 e. The van der Waals surface area contributed by atoms with Gasteiger partial charge in [0, 0.05) is 6.42 Å². The predicted octanol–water partition coefficient (Wildman–Crippen LogP) is 10.0. The smallest absolute Gasteiger partial charge is 0.220 e. The molecular weight excluding hydrogens is 943 g/mol. The number of ether oxygens (including phenoxy) is 4. The van der Waals surface area contributed by atoms with Gasteiger partial charge in [-0.2, -0.15) is 0 Å². The van der Waals surface area contributed by atoms with Crippen LogP contribution in [0.5, 0.6) is 0 Å². The summed E-state index contributed by atoms with van der Waals surface area (Å²) in [6.07, 6.45) is 40.0. The second kappa shape index (κ2) is 45.9. The van der Waals surface area contributed by atoms with E-state index in [2.05, 4.69) is 55.6 Å². The molecule has 0 spiro atoms. The van der Waals surface area contributed by atoms with E-state index < -0.39 is 86.8 Å². The van der Waals surface area contributed by atoms with Gasteiger partial charge in [-0.05, 0) is 64.2 Å². The van der Waals surface area contributed by atoms with Crippen LogP contribution in [0.4, 0.5) is 0 Å². The van der Waals surface area contributed by atoms with Crippen LogP contribution in [0.25, 0.3) is 0 Å². The summed E-state index contributed by atoms with van der Waals surface area (Å²) >= 11 is 0. The number of aliphatic hydroxyl groups excluding tert-OH is 8. The summed E-state index contributed by atoms with van der Waals surface area (Å²) < 4.78 is 22.8. The molecule has 0 aromatic rings. The third-order valence-corrected chi connectivity index (χ3v) is 14.5. The zero-order valence-corrected chi connectivity index (χ0v) is 46.3. The van der Waals surface area contributed by atoms with E-state index in [0.29, 0.717) is 12.8 Å². The molecule has 2 aliphatic rings. The van der Waals surface area contributed by atoms with Gasteiger partial charge in [0.2, 0.25) is 5.91 Å². The van der Waals surface area contributed by atoms with E-state index in [4.69, 9.17) is 18.9 Å². The van der Waals surface area contributed by atoms with E-state index in [0.717, 1.165) is 44.9 Å². The van der Waals surface area contributed by atoms with Crippen molar-refractivity contribution in [3.63, 3.8) is 0 Å². The first-order valence-electron chi connectivity index (χ1n) is 29.9. The highest BCUT2D eigenvalue weighted by Gasteiger charge is 2.51. The minimum atomic E-state index is -1.79. The third kappa shape index (κ3) is 31.4. The fourth-order valence-corrected chi connectivity index (χ4v) is 9.63. The Hall–Kier alpha value is -2.05. The van der Waals surface area contributed by atoms with Gasteiger partial charge in [0.1, 0.15) is 48.8 Å². The summed E-state index contributed by atoms with van der Waals surface area (Å²) in [6, 6.07) is -0.935. The molecule has 2 aliphatic heterocycles. The lowest BCUT2D eigenvalue weighted by atomic mass is 9.97. The Morgan fingerprint density at radius 2 is 0.905 bits per heavy atom. The van der Waals surface area contributed by atoms with Gasteiger partial charge in [-0.3, -0.25) is 4.79 Å². The van der Waals surface area contributed by atoms with Crippen LogP contribution in [-0.4, -0.2) is 140 Å². The van der Waals surface area contributed by atoms with Crippen LogP contribution in [0, 0.1) is 0 Å². The molecule has 14 nitrogen and oxygen atoms in total. The number of rotatable bonds is 47. The van der Waals surface area contributed by atoms with Gasteiger partial charge in [0.25, 0.3) is 0 Å². The lowest BCUT2D eigenvalue weighted by Gasteiger charge is -2.46. The highest BCUT2D eigenvalue weighted by Crippen LogP contribution is 2.30. The SMILES string of the molecule is CCCCC/C=C\C/C=C\CCCCCCCCCCCC(=O)NC(COC1OC(CO)C(OC2OC(CO)C(O)C(O)C2O)C(O)C1O)C(O)/C=C/CC/C=C/CCCCCCCCCCCCCCCCC. The Kier molecular flexibility index (Phi) is 42.2. The predicted molar refractivity (Wildman–Crippen MR) is 295 cm³/mol. The molecule has 2 heterocycles. The number of carbonyl (C=O) groups excluding carboxylic acids is 1. The number of hydrogen-bond donors (Lipinski definition) is 9. The van der Waals surface area contributed by atoms with E-state index in [1.54, 1.807) is 6.08 Å². The van der Waals surface area contributed by atoms with Crippen molar-refractivity contribution in [2.45, 2.75) is 306 Å². The van der Waals surface area contributed by atoms with Gasteiger partial charge in [-0.25, -0.2) is 0 Å². The number of hydrogen-bond acceptors (Lipinski definition) is 13. The standard InChI is InChI=1S/C60H109NO13/c1-3-5-7-9-11-13-15-17-19-21-23-24-26-27-29-31-33-35-37-39-41-43-49(64)48(61-52(65)44-42-40-38-36-34-32-30-28-25-22-20-18-16-14-12-10-8-6-4-2)47-71-59-57(70)55(68)58(51(46-63)73-59)74-60-56(69)54(67)53(66)50(45-62)72-60/h12,14,18,20,33,35,41,43,48-51,53-60,62-64,66-70H,3-11,13,15-17,19,21-32,34,36-40,42,44-47H2,1-2H3,(H,61,65)/b14-12-,20-18-,35-33+,43-41+. The lowest BCUT2D eigenvalue weighted by molar-refractivity contribution is -0.359. The maximum Gasteiger partial charge on any atom is 0.220 e. The second-order valence-electron chi connectivity index (χ2n) is 21.1. The second-order valence-corrected chi connectivity index (χ2v) is 21.1. The molecule has 2 saturated heterocycles. The monoisotopic (exact) mass is 1050 g/mol. The molecule has 12 unspecified atom stereocenters. The summed E-state index contributed by atoms with van der Waals surface area (Å²) in [4.78, 5) is 13.2. The van der Waals surface area contributed by atoms with Crippen molar-refractivity contribution < 1.29 is 64.6 Å². The minimum absolute atomic E-state index is 0.254. The van der Waals surface area contributed by atoms with Gasteiger partial charge in [0.05, 0.1) is 32.0 Å². The van der Waals surface area contributed by atoms with Crippen LogP contribution < -0.4 is 5.32 Å². The highest BCUT2D eigenvalue weighted by molar-refractivity contribution is 5.76. The van der Waals surface area contributed by atoms with Crippen LogP contribution in [0.15, 0.2) is 48.6 Å². The van der Waals surface area contributed by atoms with Gasteiger partial charge >= 0.3 is 0 Å². The molecule has 0 saturated carbocycles. The van der Waals surface area contributed by atoms with Gasteiger partial charge < -0.3 is 65.1 Å². The number of aliphatic hydroxyl groups is 8. The first kappa shape index (κ1) is 68.1. The number of amides is 1. The van der Waals surface area contributed by atoms with E-state index in [9.17, 15) is 45.6 Å². The molecular formula is C60H109NO13. The molecule has 1 amide bonds. The molecule has 2 rings (SSSR count). The van der Waals surface area contributed by atoms with Gasteiger partial charge in [0.15, 0.2) is 12.6 Å². The number of carbonyl (C=O) groups is 1. The van der Waals surface area contributed by atoms with Crippen LogP contribution in [0.1, 0.15) is 232 Å². The summed E-state index contributed by atoms with van der Waals surface area (Å²) in [5, 5.41) is 87.1. The van der Waals surface area contributed by atoms with Crippen LogP contribution in [0.3, 0.4) is 0 Å². The van der Waals surface area contributed by atoms with Crippen LogP contribution >= 0.6 is 0 Å². The van der Waals surface area contributed by atoms with Gasteiger partial charge in [-0.15, -0.1) is 0 Å². The third-order valence-electron chi connectivity index (χ3n) is 14.5. The molecule has 12 atom stereocenters. The molecule has 74 heavy (non-hydrogen) atoms. The normalized spacial score (nSPS) is 25.5. The first-order chi connectivity index (χ1) is 36.1. The van der Waals surface area contributed by atoms with E-state index in [-0.39, 0.29) is 18.9 Å². The maximum atomic E-state index is 13.2. The quantitative estimate of drug-likeness (QED) is 0.0205. The number of unbranched alkanes of at least 4 members (excludes halogenated alkanes) is 28. The average Bonchev–Trinajstić information content (AvgIpc) is 3.40. The van der Waals surface area contributed by atoms with Crippen LogP contribution in [0.2, 0.25) is 0 Å². The van der Waals surface area contributed by atoms with E-state index in [1.807, 2.05) is 6.08 Å². The van der Waals surface area contributed by atoms with Crippen molar-refractivity contribution in [2.75, 3.05) is 19.8 Å². The zero-order chi connectivity index (χ0) is 53.9. The largest absolute Gasteiger partial charge is 0.394 e. The van der Waals surface area contributed by atoms with Crippen molar-refractivity contribution in [1.82, 2.24) is 5.32 Å². The van der Waals surface area contributed by atoms with Crippen molar-refractivity contribution in [2.24, 2.45) is 0 Å². The molecule has 9 N–H and O–H groups in total. The molecule has 0 radical (unpaired) electrons. The Labute approximate surface area is 448 Å². The Bertz CT molecular complexity index is 1430. The Morgan fingerprint density at radius 3 is 1.43 bits per heavy atom. The Balaban J connectivity index is 1.79. The van der Waals surface area contributed by atoms with E-state index in [1.165, 1.54) is 154 Å². The Morgan fingerprint density at radius 1 is 0.486 bits per heavy atom. The topological polar surface area (TPSA) is 228 Å². The number of allylic oxidation sites excluding steroid dienone is 7. The first-order valence-corrected chi connectivity index (χ1v) is 29.9. The van der Waals surface area contributed by atoms with Crippen molar-refractivity contribution in [1.29, 1.82) is 0 Å². The fourth-order valence-electron chi connectivity index (χ4n) is 9.63. The molecule has 14 heteroatoms. The molecule has 0 aromatic heterocycles. The summed E-state index contributed by atoms with van der Waals surface area (Å²) in [5.41, 5.74) is 0. The highest BCUT2D eigenvalue weighted by atomic mass is 16.7. The molecule has 2 fully saturated rings. The fraction of sp³-hybridized carbons (Fsp3) is 0.850. The maximum absolute atomic E-state index is 13.2. The summed E-state index contributed by atoms with van der Waals surface area (Å²) in [6.45, 7) is 2.76. The van der Waals surface area contributed by atoms with Crippen molar-refractivity contribution in [3.05, 3.63) is 48.6 Å².